The van der Waals surface area contributed by atoms with E-state index < -0.39 is 0 Å². The van der Waals surface area contributed by atoms with Gasteiger partial charge in [-0.2, -0.15) is 0 Å². The van der Waals surface area contributed by atoms with Crippen LogP contribution in [-0.4, -0.2) is 44.1 Å². The van der Waals surface area contributed by atoms with Gasteiger partial charge in [-0.15, -0.1) is 0 Å². The average Bonchev–Trinajstić information content (AvgIpc) is 2.63. The van der Waals surface area contributed by atoms with E-state index in [4.69, 9.17) is 4.74 Å². The summed E-state index contributed by atoms with van der Waals surface area (Å²) < 4.78 is 5.24. The van der Waals surface area contributed by atoms with E-state index in [-0.39, 0.29) is 5.91 Å². The van der Waals surface area contributed by atoms with Crippen LogP contribution in [0.2, 0.25) is 0 Å². The van der Waals surface area contributed by atoms with Gasteiger partial charge in [-0.25, -0.2) is 0 Å². The molecule has 0 unspecified atom stereocenters. The lowest BCUT2D eigenvalue weighted by Gasteiger charge is -2.27. The van der Waals surface area contributed by atoms with Crippen molar-refractivity contribution in [2.45, 2.75) is 33.4 Å². The lowest BCUT2D eigenvalue weighted by atomic mass is 10.2. The number of nitrogens with zero attached hydrogens (tertiary/aromatic N) is 2. The molecule has 5 heteroatoms. The molecule has 0 spiro atoms. The number of hydrogen-bond donors (Lipinski definition) is 1. The van der Waals surface area contributed by atoms with Gasteiger partial charge in [0.05, 0.1) is 13.7 Å². The van der Waals surface area contributed by atoms with E-state index in [1.54, 1.807) is 7.11 Å². The fourth-order valence-electron chi connectivity index (χ4n) is 3.17. The molecule has 0 radical (unpaired) electrons. The highest BCUT2D eigenvalue weighted by molar-refractivity contribution is 5.92. The van der Waals surface area contributed by atoms with E-state index >= 15 is 0 Å². The second kappa shape index (κ2) is 9.97. The third-order valence-electron chi connectivity index (χ3n) is 4.45. The quantitative estimate of drug-likeness (QED) is 0.726. The number of amides is 1. The summed E-state index contributed by atoms with van der Waals surface area (Å²) in [6.07, 6.45) is 0. The number of methoxy groups -OCH3 is 1. The van der Waals surface area contributed by atoms with Gasteiger partial charge < -0.3 is 15.0 Å². The van der Waals surface area contributed by atoms with Crippen LogP contribution in [0.3, 0.4) is 0 Å². The second-order valence-electron chi connectivity index (χ2n) is 7.00. The fraction of sp³-hybridized carbons (Fsp3) is 0.409. The Kier molecular flexibility index (Phi) is 7.67. The topological polar surface area (TPSA) is 44.8 Å². The van der Waals surface area contributed by atoms with Crippen LogP contribution in [0.25, 0.3) is 0 Å². The molecule has 0 saturated carbocycles. The molecular formula is C22H31N3O2. The van der Waals surface area contributed by atoms with Gasteiger partial charge in [0.1, 0.15) is 5.75 Å². The summed E-state index contributed by atoms with van der Waals surface area (Å²) >= 11 is 0. The van der Waals surface area contributed by atoms with Crippen molar-refractivity contribution in [2.24, 2.45) is 0 Å². The zero-order valence-corrected chi connectivity index (χ0v) is 17.0. The van der Waals surface area contributed by atoms with Crippen molar-refractivity contribution in [3.63, 3.8) is 0 Å². The molecule has 146 valence electrons. The Bertz CT molecular complexity index is 729. The number of hydrogen-bond acceptors (Lipinski definition) is 4. The smallest absolute Gasteiger partial charge is 0.238 e. The lowest BCUT2D eigenvalue weighted by molar-refractivity contribution is -0.117. The molecule has 1 N–H and O–H groups in total. The SMILES string of the molecule is CCN(c1ccc(NC(=O)CN(C)Cc2cccc(OC)c2)cc1)C(C)C. The van der Waals surface area contributed by atoms with Crippen LogP contribution in [0.1, 0.15) is 26.3 Å². The third-order valence-corrected chi connectivity index (χ3v) is 4.45. The van der Waals surface area contributed by atoms with E-state index in [0.29, 0.717) is 19.1 Å². The molecule has 2 rings (SSSR count). The summed E-state index contributed by atoms with van der Waals surface area (Å²) in [5.74, 6) is 0.803. The Morgan fingerprint density at radius 3 is 2.44 bits per heavy atom. The minimum atomic E-state index is -0.0237. The zero-order chi connectivity index (χ0) is 19.8. The predicted octanol–water partition coefficient (Wildman–Crippen LogP) is 4.00. The molecule has 0 aliphatic heterocycles. The van der Waals surface area contributed by atoms with Crippen molar-refractivity contribution < 1.29 is 9.53 Å². The third kappa shape index (κ3) is 6.29. The van der Waals surface area contributed by atoms with Gasteiger partial charge in [0.15, 0.2) is 0 Å². The molecule has 5 nitrogen and oxygen atoms in total. The molecule has 0 bridgehead atoms. The van der Waals surface area contributed by atoms with Crippen LogP contribution in [0.15, 0.2) is 48.5 Å². The molecule has 0 saturated heterocycles. The van der Waals surface area contributed by atoms with Crippen molar-refractivity contribution in [3.8, 4) is 5.75 Å². The Morgan fingerprint density at radius 2 is 1.85 bits per heavy atom. The Hall–Kier alpha value is -2.53. The average molecular weight is 370 g/mol. The maximum absolute atomic E-state index is 12.3. The number of ether oxygens (including phenoxy) is 1. The predicted molar refractivity (Wildman–Crippen MR) is 113 cm³/mol. The molecule has 0 aliphatic carbocycles. The fourth-order valence-corrected chi connectivity index (χ4v) is 3.17. The van der Waals surface area contributed by atoms with Crippen molar-refractivity contribution in [1.29, 1.82) is 0 Å². The molecule has 27 heavy (non-hydrogen) atoms. The monoisotopic (exact) mass is 369 g/mol. The highest BCUT2D eigenvalue weighted by Gasteiger charge is 2.10. The Balaban J connectivity index is 1.89. The maximum Gasteiger partial charge on any atom is 0.238 e. The maximum atomic E-state index is 12.3. The largest absolute Gasteiger partial charge is 0.497 e. The molecule has 2 aromatic rings. The molecule has 0 aliphatic rings. The van der Waals surface area contributed by atoms with Crippen LogP contribution in [0.5, 0.6) is 5.75 Å². The first kappa shape index (κ1) is 20.8. The molecule has 0 aromatic heterocycles. The number of carbonyl (C=O) groups excluding carboxylic acids is 1. The molecule has 0 fully saturated rings. The first-order valence-electron chi connectivity index (χ1n) is 9.41. The van der Waals surface area contributed by atoms with E-state index in [2.05, 4.69) is 43.1 Å². The summed E-state index contributed by atoms with van der Waals surface area (Å²) in [6.45, 7) is 8.47. The van der Waals surface area contributed by atoms with E-state index in [1.807, 2.05) is 48.3 Å². The number of likely N-dealkylation sites (N-methyl/N-ethyl adjacent to an activating group) is 1. The number of benzene rings is 2. The summed E-state index contributed by atoms with van der Waals surface area (Å²) in [5, 5.41) is 2.97. The molecule has 0 atom stereocenters. The normalized spacial score (nSPS) is 10.9. The van der Waals surface area contributed by atoms with Crippen LogP contribution in [0, 0.1) is 0 Å². The summed E-state index contributed by atoms with van der Waals surface area (Å²) in [4.78, 5) is 16.6. The van der Waals surface area contributed by atoms with Gasteiger partial charge >= 0.3 is 0 Å². The molecule has 1 amide bonds. The summed E-state index contributed by atoms with van der Waals surface area (Å²) in [5.41, 5.74) is 3.10. The standard InChI is InChI=1S/C22H31N3O2/c1-6-25(17(2)3)20-12-10-19(11-13-20)23-22(26)16-24(4)15-18-8-7-9-21(14-18)27-5/h7-14,17H,6,15-16H2,1-5H3,(H,23,26). The van der Waals surface area contributed by atoms with Crippen molar-refractivity contribution in [2.75, 3.05) is 37.5 Å². The molecule has 2 aromatic carbocycles. The van der Waals surface area contributed by atoms with Gasteiger partial charge in [-0.1, -0.05) is 12.1 Å². The zero-order valence-electron chi connectivity index (χ0n) is 17.0. The number of carbonyl (C=O) groups is 1. The van der Waals surface area contributed by atoms with Gasteiger partial charge in [-0.05, 0) is 69.8 Å². The highest BCUT2D eigenvalue weighted by Crippen LogP contribution is 2.20. The minimum absolute atomic E-state index is 0.0237. The molecular weight excluding hydrogens is 338 g/mol. The number of nitrogens with one attached hydrogen (secondary N) is 1. The van der Waals surface area contributed by atoms with E-state index in [1.165, 1.54) is 5.69 Å². The molecule has 0 heterocycles. The lowest BCUT2D eigenvalue weighted by Crippen LogP contribution is -2.30. The van der Waals surface area contributed by atoms with Crippen LogP contribution in [0.4, 0.5) is 11.4 Å². The number of rotatable bonds is 9. The second-order valence-corrected chi connectivity index (χ2v) is 7.00. The summed E-state index contributed by atoms with van der Waals surface area (Å²) in [7, 11) is 3.59. The van der Waals surface area contributed by atoms with Crippen molar-refractivity contribution >= 4 is 17.3 Å². The highest BCUT2D eigenvalue weighted by atomic mass is 16.5. The number of anilines is 2. The van der Waals surface area contributed by atoms with E-state index in [0.717, 1.165) is 23.5 Å². The van der Waals surface area contributed by atoms with Crippen LogP contribution < -0.4 is 15.0 Å². The minimum Gasteiger partial charge on any atom is -0.497 e. The summed E-state index contributed by atoms with van der Waals surface area (Å²) in [6, 6.07) is 16.4. The first-order chi connectivity index (χ1) is 12.9. The van der Waals surface area contributed by atoms with Gasteiger partial charge in [0, 0.05) is 30.5 Å². The van der Waals surface area contributed by atoms with Crippen molar-refractivity contribution in [1.82, 2.24) is 4.90 Å². The van der Waals surface area contributed by atoms with Crippen molar-refractivity contribution in [3.05, 3.63) is 54.1 Å². The van der Waals surface area contributed by atoms with Crippen LogP contribution >= 0.6 is 0 Å². The van der Waals surface area contributed by atoms with Crippen LogP contribution in [-0.2, 0) is 11.3 Å². The first-order valence-corrected chi connectivity index (χ1v) is 9.41. The van der Waals surface area contributed by atoms with E-state index in [9.17, 15) is 4.79 Å². The van der Waals surface area contributed by atoms with Gasteiger partial charge in [0.2, 0.25) is 5.91 Å². The van der Waals surface area contributed by atoms with Gasteiger partial charge in [-0.3, -0.25) is 9.69 Å². The van der Waals surface area contributed by atoms with Gasteiger partial charge in [0.25, 0.3) is 0 Å². The Labute approximate surface area is 162 Å². The Morgan fingerprint density at radius 1 is 1.15 bits per heavy atom.